The van der Waals surface area contributed by atoms with Crippen molar-refractivity contribution in [3.8, 4) is 0 Å². The van der Waals surface area contributed by atoms with Crippen LogP contribution >= 0.6 is 0 Å². The minimum absolute atomic E-state index is 0.121. The first-order chi connectivity index (χ1) is 12.5. The second-order valence-corrected chi connectivity index (χ2v) is 5.81. The van der Waals surface area contributed by atoms with Crippen LogP contribution in [-0.4, -0.2) is 55.8 Å². The van der Waals surface area contributed by atoms with Gasteiger partial charge in [-0.1, -0.05) is 0 Å². The van der Waals surface area contributed by atoms with E-state index in [0.717, 1.165) is 18.7 Å². The zero-order valence-electron chi connectivity index (χ0n) is 14.6. The first kappa shape index (κ1) is 19.5. The van der Waals surface area contributed by atoms with Gasteiger partial charge in [-0.3, -0.25) is 15.1 Å². The van der Waals surface area contributed by atoms with Crippen LogP contribution in [0.25, 0.3) is 0 Å². The Balaban J connectivity index is 1.76. The predicted octanol–water partition coefficient (Wildman–Crippen LogP) is -0.287. The predicted molar refractivity (Wildman–Crippen MR) is 93.4 cm³/mol. The molecule has 140 valence electrons. The van der Waals surface area contributed by atoms with E-state index < -0.39 is 12.0 Å². The number of carbonyl (C=O) groups is 2. The van der Waals surface area contributed by atoms with Crippen LogP contribution in [0.5, 0.6) is 0 Å². The molecule has 0 aliphatic carbocycles. The number of nitrogens with one attached hydrogen (secondary N) is 2. The number of hydrogen-bond acceptors (Lipinski definition) is 6. The number of aromatic carboxylic acids is 1. The van der Waals surface area contributed by atoms with Crippen LogP contribution in [0.15, 0.2) is 30.7 Å². The van der Waals surface area contributed by atoms with Crippen molar-refractivity contribution in [3.05, 3.63) is 47.8 Å². The van der Waals surface area contributed by atoms with Crippen molar-refractivity contribution in [2.75, 3.05) is 13.2 Å². The summed E-state index contributed by atoms with van der Waals surface area (Å²) in [5.74, 6) is -0.417. The number of carbonyl (C=O) groups excluding carboxylic acids is 1. The van der Waals surface area contributed by atoms with Gasteiger partial charge in [0, 0.05) is 45.1 Å². The Morgan fingerprint density at radius 2 is 2.12 bits per heavy atom. The smallest absolute Gasteiger partial charge is 0.335 e. The molecule has 0 aliphatic rings. The molecule has 1 unspecified atom stereocenters. The number of rotatable bonds is 10. The van der Waals surface area contributed by atoms with E-state index in [4.69, 9.17) is 5.11 Å². The summed E-state index contributed by atoms with van der Waals surface area (Å²) in [6, 6.07) is 2.02. The highest BCUT2D eigenvalue weighted by atomic mass is 16.4. The molecule has 2 aromatic rings. The maximum atomic E-state index is 12.1. The van der Waals surface area contributed by atoms with Gasteiger partial charge in [0.25, 0.3) is 0 Å². The molecule has 0 spiro atoms. The van der Waals surface area contributed by atoms with E-state index in [-0.39, 0.29) is 24.6 Å². The molecule has 2 heterocycles. The van der Waals surface area contributed by atoms with Crippen molar-refractivity contribution in [2.45, 2.75) is 25.4 Å². The number of nitrogens with zero attached hydrogens (tertiary/aromatic N) is 3. The average Bonchev–Trinajstić information content (AvgIpc) is 3.04. The van der Waals surface area contributed by atoms with Gasteiger partial charge in [-0.25, -0.2) is 9.78 Å². The third-order valence-electron chi connectivity index (χ3n) is 3.89. The highest BCUT2D eigenvalue weighted by molar-refractivity contribution is 5.87. The summed E-state index contributed by atoms with van der Waals surface area (Å²) in [6.45, 7) is 0.271. The zero-order chi connectivity index (χ0) is 18.9. The number of aliphatic hydroxyl groups is 1. The molecule has 0 bridgehead atoms. The molecule has 1 atom stereocenters. The Labute approximate surface area is 151 Å². The lowest BCUT2D eigenvalue weighted by Gasteiger charge is -2.16. The Bertz CT molecular complexity index is 746. The number of hydrogen-bond donors (Lipinski definition) is 4. The standard InChI is InChI=1S/C17H23N5O4/c1-22-8-7-19-15(22)3-2-5-20-16(24)14(11-23)21-10-13-9-12(17(25)26)4-6-18-13/h4,6-9,14,21,23H,2-3,5,10-11H2,1H3,(H,20,24)(H,25,26). The molecule has 26 heavy (non-hydrogen) atoms. The molecular weight excluding hydrogens is 338 g/mol. The highest BCUT2D eigenvalue weighted by Gasteiger charge is 2.17. The van der Waals surface area contributed by atoms with Gasteiger partial charge in [0.1, 0.15) is 11.9 Å². The van der Waals surface area contributed by atoms with Gasteiger partial charge in [-0.05, 0) is 18.6 Å². The summed E-state index contributed by atoms with van der Waals surface area (Å²) in [5, 5.41) is 24.0. The second-order valence-electron chi connectivity index (χ2n) is 5.81. The van der Waals surface area contributed by atoms with Gasteiger partial charge in [-0.15, -0.1) is 0 Å². The van der Waals surface area contributed by atoms with Gasteiger partial charge in [-0.2, -0.15) is 0 Å². The van der Waals surface area contributed by atoms with Crippen molar-refractivity contribution < 1.29 is 19.8 Å². The summed E-state index contributed by atoms with van der Waals surface area (Å²) in [6.07, 6.45) is 6.47. The van der Waals surface area contributed by atoms with E-state index in [1.807, 2.05) is 17.8 Å². The van der Waals surface area contributed by atoms with Crippen molar-refractivity contribution in [2.24, 2.45) is 7.05 Å². The number of aromatic nitrogens is 3. The molecule has 1 amide bonds. The maximum absolute atomic E-state index is 12.1. The molecule has 0 saturated carbocycles. The molecule has 9 heteroatoms. The molecule has 0 radical (unpaired) electrons. The normalized spacial score (nSPS) is 11.9. The quantitative estimate of drug-likeness (QED) is 0.428. The van der Waals surface area contributed by atoms with Crippen molar-refractivity contribution in [3.63, 3.8) is 0 Å². The van der Waals surface area contributed by atoms with Crippen LogP contribution in [0.4, 0.5) is 0 Å². The molecule has 0 saturated heterocycles. The van der Waals surface area contributed by atoms with E-state index in [0.29, 0.717) is 12.2 Å². The first-order valence-electron chi connectivity index (χ1n) is 8.27. The lowest BCUT2D eigenvalue weighted by Crippen LogP contribution is -2.46. The molecular formula is C17H23N5O4. The van der Waals surface area contributed by atoms with E-state index in [1.54, 1.807) is 6.20 Å². The Kier molecular flexibility index (Phi) is 7.24. The van der Waals surface area contributed by atoms with Gasteiger partial charge < -0.3 is 20.1 Å². The monoisotopic (exact) mass is 361 g/mol. The van der Waals surface area contributed by atoms with Crippen LogP contribution in [0, 0.1) is 0 Å². The van der Waals surface area contributed by atoms with Gasteiger partial charge in [0.15, 0.2) is 0 Å². The number of aryl methyl sites for hydroxylation is 2. The fraction of sp³-hybridized carbons (Fsp3) is 0.412. The third-order valence-corrected chi connectivity index (χ3v) is 3.89. The highest BCUT2D eigenvalue weighted by Crippen LogP contribution is 2.02. The van der Waals surface area contributed by atoms with Gasteiger partial charge in [0.05, 0.1) is 17.9 Å². The Morgan fingerprint density at radius 3 is 2.77 bits per heavy atom. The van der Waals surface area contributed by atoms with Crippen LogP contribution in [-0.2, 0) is 24.8 Å². The number of carboxylic acids is 1. The molecule has 4 N–H and O–H groups in total. The van der Waals surface area contributed by atoms with Crippen LogP contribution in [0.3, 0.4) is 0 Å². The van der Waals surface area contributed by atoms with Gasteiger partial charge >= 0.3 is 5.97 Å². The number of pyridine rings is 1. The summed E-state index contributed by atoms with van der Waals surface area (Å²) in [5.41, 5.74) is 0.599. The topological polar surface area (TPSA) is 129 Å². The van der Waals surface area contributed by atoms with Crippen LogP contribution in [0.2, 0.25) is 0 Å². The summed E-state index contributed by atoms with van der Waals surface area (Å²) in [7, 11) is 1.92. The third kappa shape index (κ3) is 5.64. The maximum Gasteiger partial charge on any atom is 0.335 e. The fourth-order valence-corrected chi connectivity index (χ4v) is 2.39. The number of carboxylic acid groups (broad SMARTS) is 1. The molecule has 0 aliphatic heterocycles. The molecule has 2 rings (SSSR count). The van der Waals surface area contributed by atoms with Crippen molar-refractivity contribution >= 4 is 11.9 Å². The van der Waals surface area contributed by atoms with Crippen molar-refractivity contribution in [1.82, 2.24) is 25.2 Å². The van der Waals surface area contributed by atoms with Crippen LogP contribution in [0.1, 0.15) is 28.3 Å². The lowest BCUT2D eigenvalue weighted by molar-refractivity contribution is -0.124. The summed E-state index contributed by atoms with van der Waals surface area (Å²) in [4.78, 5) is 31.3. The van der Waals surface area contributed by atoms with E-state index in [1.165, 1.54) is 18.3 Å². The molecule has 9 nitrogen and oxygen atoms in total. The number of amides is 1. The lowest BCUT2D eigenvalue weighted by atomic mass is 10.2. The van der Waals surface area contributed by atoms with E-state index in [2.05, 4.69) is 20.6 Å². The Morgan fingerprint density at radius 1 is 1.31 bits per heavy atom. The number of aliphatic hydroxyl groups excluding tert-OH is 1. The molecule has 0 fully saturated rings. The Hall–Kier alpha value is -2.78. The molecule has 0 aromatic carbocycles. The minimum Gasteiger partial charge on any atom is -0.478 e. The summed E-state index contributed by atoms with van der Waals surface area (Å²) >= 11 is 0. The second kappa shape index (κ2) is 9.64. The zero-order valence-corrected chi connectivity index (χ0v) is 14.6. The average molecular weight is 361 g/mol. The van der Waals surface area contributed by atoms with E-state index >= 15 is 0 Å². The first-order valence-corrected chi connectivity index (χ1v) is 8.27. The summed E-state index contributed by atoms with van der Waals surface area (Å²) < 4.78 is 1.93. The SMILES string of the molecule is Cn1ccnc1CCCNC(=O)C(CO)NCc1cc(C(=O)O)ccn1. The number of imidazole rings is 1. The van der Waals surface area contributed by atoms with Crippen LogP contribution < -0.4 is 10.6 Å². The largest absolute Gasteiger partial charge is 0.478 e. The molecule has 2 aromatic heterocycles. The van der Waals surface area contributed by atoms with Gasteiger partial charge in [0.2, 0.25) is 5.91 Å². The van der Waals surface area contributed by atoms with Crippen molar-refractivity contribution in [1.29, 1.82) is 0 Å². The fourth-order valence-electron chi connectivity index (χ4n) is 2.39. The minimum atomic E-state index is -1.04. The van der Waals surface area contributed by atoms with E-state index in [9.17, 15) is 14.7 Å².